The third-order valence-electron chi connectivity index (χ3n) is 14.0. The van der Waals surface area contributed by atoms with Crippen molar-refractivity contribution >= 4 is 40.7 Å². The second-order valence-electron chi connectivity index (χ2n) is 20.1. The maximum absolute atomic E-state index is 13.9. The van der Waals surface area contributed by atoms with Crippen LogP contribution in [-0.4, -0.2) is 93.1 Å². The normalized spacial score (nSPS) is 20.7. The molecule has 3 aliphatic rings. The van der Waals surface area contributed by atoms with E-state index in [2.05, 4.69) is 113 Å². The Labute approximate surface area is 393 Å². The number of H-pyrrole nitrogens is 2. The van der Waals surface area contributed by atoms with Gasteiger partial charge in [0.1, 0.15) is 23.7 Å². The summed E-state index contributed by atoms with van der Waals surface area (Å²) in [5, 5.41) is 5.47. The summed E-state index contributed by atoms with van der Waals surface area (Å²) < 4.78 is 9.64. The number of hydrogen-bond donors (Lipinski definition) is 4. The number of ether oxygens (including phenoxy) is 2. The molecule has 3 saturated heterocycles. The molecule has 0 aliphatic carbocycles. The van der Waals surface area contributed by atoms with E-state index in [1.165, 1.54) is 30.9 Å². The van der Waals surface area contributed by atoms with Crippen LogP contribution in [0.5, 0.6) is 0 Å². The largest absolute Gasteiger partial charge is 0.453 e. The van der Waals surface area contributed by atoms with Gasteiger partial charge in [0.2, 0.25) is 11.8 Å². The Kier molecular flexibility index (Phi) is 13.7. The average molecular weight is 914 g/mol. The van der Waals surface area contributed by atoms with Gasteiger partial charge in [-0.05, 0) is 102 Å². The first kappa shape index (κ1) is 47.1. The lowest BCUT2D eigenvalue weighted by Gasteiger charge is -2.34. The number of likely N-dealkylation sites (tertiary alicyclic amines) is 2. The predicted octanol–water partition coefficient (Wildman–Crippen LogP) is 9.42. The van der Waals surface area contributed by atoms with Gasteiger partial charge in [0.05, 0.1) is 61.3 Å². The molecule has 0 bridgehead atoms. The number of rotatable bonds is 12. The molecule has 4 amide bonds. The molecule has 356 valence electrons. The maximum atomic E-state index is 13.9. The third-order valence-corrected chi connectivity index (χ3v) is 14.0. The van der Waals surface area contributed by atoms with Gasteiger partial charge in [-0.15, -0.1) is 0 Å². The molecule has 0 radical (unpaired) electrons. The van der Waals surface area contributed by atoms with Crippen molar-refractivity contribution in [2.24, 2.45) is 11.8 Å². The predicted molar refractivity (Wildman–Crippen MR) is 258 cm³/mol. The second-order valence-corrected chi connectivity index (χ2v) is 20.1. The molecule has 15 nitrogen and oxygen atoms in total. The number of benzene rings is 3. The van der Waals surface area contributed by atoms with Crippen molar-refractivity contribution in [1.29, 1.82) is 0 Å². The molecule has 0 saturated carbocycles. The first-order valence-electron chi connectivity index (χ1n) is 23.9. The van der Waals surface area contributed by atoms with Crippen molar-refractivity contribution in [1.82, 2.24) is 40.4 Å². The molecule has 6 unspecified atom stereocenters. The first-order chi connectivity index (χ1) is 32.1. The van der Waals surface area contributed by atoms with Crippen LogP contribution in [0.4, 0.5) is 15.3 Å². The Hall–Kier alpha value is -6.38. The number of carbonyl (C=O) groups is 4. The zero-order chi connectivity index (χ0) is 47.7. The van der Waals surface area contributed by atoms with Crippen LogP contribution in [0, 0.1) is 11.8 Å². The Morgan fingerprint density at radius 3 is 1.75 bits per heavy atom. The fourth-order valence-corrected chi connectivity index (χ4v) is 10.3. The van der Waals surface area contributed by atoms with Crippen LogP contribution in [0.1, 0.15) is 139 Å². The minimum atomic E-state index is -0.702. The lowest BCUT2D eigenvalue weighted by molar-refractivity contribution is -0.136. The Morgan fingerprint density at radius 2 is 1.21 bits per heavy atom. The summed E-state index contributed by atoms with van der Waals surface area (Å²) in [5.41, 5.74) is 8.52. The molecule has 4 N–H and O–H groups in total. The molecule has 0 spiro atoms. The van der Waals surface area contributed by atoms with Crippen LogP contribution in [0.3, 0.4) is 0 Å². The number of imidazole rings is 2. The van der Waals surface area contributed by atoms with E-state index >= 15 is 0 Å². The first-order valence-corrected chi connectivity index (χ1v) is 23.9. The number of anilines is 1. The van der Waals surface area contributed by atoms with Crippen molar-refractivity contribution in [3.8, 4) is 11.3 Å². The van der Waals surface area contributed by atoms with E-state index in [1.54, 1.807) is 0 Å². The minimum Gasteiger partial charge on any atom is -0.453 e. The van der Waals surface area contributed by atoms with Crippen LogP contribution in [-0.2, 0) is 24.5 Å². The molecule has 2 aromatic heterocycles. The quantitative estimate of drug-likeness (QED) is 0.0950. The lowest BCUT2D eigenvalue weighted by atomic mass is 9.87. The third kappa shape index (κ3) is 9.73. The molecule has 5 aromatic rings. The second kappa shape index (κ2) is 19.5. The summed E-state index contributed by atoms with van der Waals surface area (Å²) in [4.78, 5) is 75.1. The highest BCUT2D eigenvalue weighted by Gasteiger charge is 2.40. The topological polar surface area (TPSA) is 178 Å². The van der Waals surface area contributed by atoms with Crippen LogP contribution in [0.15, 0.2) is 72.9 Å². The average Bonchev–Trinajstić information content (AvgIpc) is 4.18. The molecule has 8 rings (SSSR count). The smallest absolute Gasteiger partial charge is 0.407 e. The van der Waals surface area contributed by atoms with Crippen LogP contribution in [0.25, 0.3) is 22.3 Å². The highest BCUT2D eigenvalue weighted by Crippen LogP contribution is 2.48. The van der Waals surface area contributed by atoms with Gasteiger partial charge in [0.25, 0.3) is 0 Å². The molecular formula is C52H67N9O6. The van der Waals surface area contributed by atoms with Crippen molar-refractivity contribution in [3.05, 3.63) is 101 Å². The fourth-order valence-electron chi connectivity index (χ4n) is 10.3. The van der Waals surface area contributed by atoms with E-state index < -0.39 is 24.3 Å². The number of nitrogens with one attached hydrogen (secondary N) is 4. The molecule has 5 heterocycles. The highest BCUT2D eigenvalue weighted by atomic mass is 16.5. The highest BCUT2D eigenvalue weighted by molar-refractivity contribution is 5.87. The van der Waals surface area contributed by atoms with E-state index in [-0.39, 0.29) is 53.2 Å². The zero-order valence-electron chi connectivity index (χ0n) is 40.4. The monoisotopic (exact) mass is 914 g/mol. The van der Waals surface area contributed by atoms with E-state index in [1.807, 2.05) is 43.7 Å². The number of hydrogen-bond acceptors (Lipinski definition) is 9. The van der Waals surface area contributed by atoms with Crippen LogP contribution < -0.4 is 15.5 Å². The number of carbonyl (C=O) groups excluding carboxylic acids is 4. The minimum absolute atomic E-state index is 0.0188. The Bertz CT molecular complexity index is 2560. The molecular weight excluding hydrogens is 847 g/mol. The van der Waals surface area contributed by atoms with E-state index in [4.69, 9.17) is 19.4 Å². The van der Waals surface area contributed by atoms with E-state index in [0.29, 0.717) is 13.1 Å². The fraction of sp³-hybridized carbons (Fsp3) is 0.500. The van der Waals surface area contributed by atoms with Crippen molar-refractivity contribution in [2.75, 3.05) is 32.2 Å². The molecule has 6 atom stereocenters. The van der Waals surface area contributed by atoms with Gasteiger partial charge in [0, 0.05) is 18.8 Å². The SMILES string of the molecule is COC(=O)NC(C(=O)N1CCCC1c1ncc(-c2ccc(C3CCC(c4ccc5nc(C6CCCN6C(=O)C(NC(=O)OC)C(C)C)[nH]c5c4)N3c3ccc(C(C)(C)C)cc3)cc2)[nH]1)C(C)C. The number of nitrogens with zero attached hydrogens (tertiary/aromatic N) is 5. The number of amides is 4. The van der Waals surface area contributed by atoms with Gasteiger partial charge in [-0.3, -0.25) is 9.59 Å². The van der Waals surface area contributed by atoms with Crippen molar-refractivity contribution in [2.45, 2.75) is 129 Å². The molecule has 3 fully saturated rings. The van der Waals surface area contributed by atoms with Crippen LogP contribution in [0.2, 0.25) is 0 Å². The summed E-state index contributed by atoms with van der Waals surface area (Å²) in [7, 11) is 2.60. The van der Waals surface area contributed by atoms with Gasteiger partial charge in [-0.25, -0.2) is 19.6 Å². The molecule has 3 aromatic carbocycles. The van der Waals surface area contributed by atoms with Crippen LogP contribution >= 0.6 is 0 Å². The van der Waals surface area contributed by atoms with Crippen molar-refractivity contribution in [3.63, 3.8) is 0 Å². The maximum Gasteiger partial charge on any atom is 0.407 e. The van der Waals surface area contributed by atoms with Gasteiger partial charge in [-0.1, -0.05) is 90.9 Å². The number of aromatic amines is 2. The van der Waals surface area contributed by atoms with Gasteiger partial charge < -0.3 is 44.8 Å². The summed E-state index contributed by atoms with van der Waals surface area (Å²) in [6.45, 7) is 15.6. The van der Waals surface area contributed by atoms with Gasteiger partial charge in [0.15, 0.2) is 0 Å². The van der Waals surface area contributed by atoms with Crippen molar-refractivity contribution < 1.29 is 28.7 Å². The molecule has 67 heavy (non-hydrogen) atoms. The lowest BCUT2D eigenvalue weighted by Crippen LogP contribution is -2.51. The van der Waals surface area contributed by atoms with Gasteiger partial charge in [-0.2, -0.15) is 0 Å². The molecule has 15 heteroatoms. The summed E-state index contributed by atoms with van der Waals surface area (Å²) in [6, 6.07) is 22.6. The molecule has 3 aliphatic heterocycles. The van der Waals surface area contributed by atoms with E-state index in [0.717, 1.165) is 78.2 Å². The summed E-state index contributed by atoms with van der Waals surface area (Å²) >= 11 is 0. The number of alkyl carbamates (subject to hydrolysis) is 2. The summed E-state index contributed by atoms with van der Waals surface area (Å²) in [6.07, 6.45) is 5.75. The zero-order valence-corrected chi connectivity index (χ0v) is 40.4. The summed E-state index contributed by atoms with van der Waals surface area (Å²) in [5.74, 6) is 0.988. The Morgan fingerprint density at radius 1 is 0.672 bits per heavy atom. The number of fused-ring (bicyclic) bond motifs is 1. The van der Waals surface area contributed by atoms with E-state index in [9.17, 15) is 19.2 Å². The standard InChI is InChI=1S/C52H67N9O6/c1-30(2)44(57-50(64)66-8)48(62)59-26-10-12-42(59)46-53-29-39(56-46)32-14-16-33(17-15-32)40-24-25-41(61(40)36-21-19-35(20-22-36)52(5,6)7)34-18-23-37-38(28-34)55-47(54-37)43-13-11-27-60(43)49(63)45(31(3)4)58-51(65)67-9/h14-23,28-31,40-45H,10-13,24-27H2,1-9H3,(H,53,56)(H,54,55)(H,57,64)(H,58,65). The number of aromatic nitrogens is 4. The van der Waals surface area contributed by atoms with Gasteiger partial charge >= 0.3 is 12.2 Å². The number of methoxy groups -OCH3 is 2. The Balaban J connectivity index is 1.04.